The lowest BCUT2D eigenvalue weighted by Crippen LogP contribution is -2.44. The molecule has 0 radical (unpaired) electrons. The highest BCUT2D eigenvalue weighted by atomic mass is 32.9. The van der Waals surface area contributed by atoms with Gasteiger partial charge in [-0.15, -0.1) is 0 Å². The van der Waals surface area contributed by atoms with Crippen LogP contribution in [-0.4, -0.2) is 63.7 Å². The third-order valence-corrected chi connectivity index (χ3v) is 19.3. The van der Waals surface area contributed by atoms with Crippen molar-refractivity contribution >= 4 is 54.2 Å². The van der Waals surface area contributed by atoms with Crippen molar-refractivity contribution < 1.29 is 22.6 Å². The molecule has 0 spiro atoms. The van der Waals surface area contributed by atoms with Gasteiger partial charge < -0.3 is 23.9 Å². The summed E-state index contributed by atoms with van der Waals surface area (Å²) in [5, 5.41) is -0.0216. The Morgan fingerprint density at radius 2 is 2.10 bits per heavy atom. The zero-order chi connectivity index (χ0) is 29.3. The van der Waals surface area contributed by atoms with Gasteiger partial charge in [0.05, 0.1) is 19.0 Å². The second-order valence-corrected chi connectivity index (χ2v) is 24.4. The molecule has 1 aliphatic carbocycles. The molecule has 0 bridgehead atoms. The number of nitrogens with zero attached hydrogens (tertiary/aromatic N) is 4. The van der Waals surface area contributed by atoms with E-state index in [0.29, 0.717) is 17.1 Å². The van der Waals surface area contributed by atoms with Gasteiger partial charge in [0.25, 0.3) is 0 Å². The van der Waals surface area contributed by atoms with E-state index < -0.39 is 38.6 Å². The van der Waals surface area contributed by atoms with Crippen LogP contribution in [0, 0.1) is 5.92 Å². The first kappa shape index (κ1) is 30.5. The van der Waals surface area contributed by atoms with E-state index in [-0.39, 0.29) is 28.3 Å². The Bertz CT molecular complexity index is 1340. The van der Waals surface area contributed by atoms with Crippen LogP contribution in [0.2, 0.25) is 18.1 Å². The molecule has 2 saturated heterocycles. The standard InChI is InChI=1S/C26H41FN5O4PS2Si/c1-15(2)16-9-10-26(6)18(11-16)35-37(38,39-26)36-21-17(12-33-40(7,8)25(3,4)5)34-24(19(21)27)32-14-31-20-22(28)29-13-30-23(20)32/h13-14,16-19,21,24H,1,9-12H2,2-8H3,(H2,28,29,30)/t16-,17+,18+,19+,21+,24+,26+,37-/m0/s1. The second-order valence-electron chi connectivity index (χ2n) is 13.0. The number of alkyl halides is 1. The van der Waals surface area contributed by atoms with Crippen LogP contribution in [-0.2, 0) is 30.0 Å². The summed E-state index contributed by atoms with van der Waals surface area (Å²) in [4.78, 5) is 12.6. The van der Waals surface area contributed by atoms with Gasteiger partial charge in [-0.2, -0.15) is 0 Å². The van der Waals surface area contributed by atoms with Crippen LogP contribution in [0.5, 0.6) is 0 Å². The van der Waals surface area contributed by atoms with Crippen molar-refractivity contribution in [2.75, 3.05) is 12.3 Å². The quantitative estimate of drug-likeness (QED) is 0.206. The number of ether oxygens (including phenoxy) is 1. The number of imidazole rings is 1. The second kappa shape index (κ2) is 10.7. The first-order valence-corrected chi connectivity index (χ1v) is 20.7. The monoisotopic (exact) mass is 629 g/mol. The van der Waals surface area contributed by atoms with Crippen LogP contribution >= 0.6 is 17.1 Å². The molecule has 0 aromatic carbocycles. The van der Waals surface area contributed by atoms with Gasteiger partial charge in [0.1, 0.15) is 24.1 Å². The normalized spacial score (nSPS) is 36.7. The molecule has 2 N–H and O–H groups in total. The molecule has 8 atom stereocenters. The molecule has 2 aromatic rings. The molecule has 0 amide bonds. The minimum absolute atomic E-state index is 0.0216. The summed E-state index contributed by atoms with van der Waals surface area (Å²) in [5.74, 6) is 0.612. The Hall–Kier alpha value is -0.923. The zero-order valence-corrected chi connectivity index (χ0v) is 27.8. The number of aromatic nitrogens is 4. The van der Waals surface area contributed by atoms with E-state index in [1.807, 2.05) is 0 Å². The minimum atomic E-state index is -2.89. The molecule has 1 saturated carbocycles. The van der Waals surface area contributed by atoms with Crippen molar-refractivity contribution in [2.45, 2.75) is 107 Å². The van der Waals surface area contributed by atoms with Crippen LogP contribution in [0.1, 0.15) is 60.1 Å². The van der Waals surface area contributed by atoms with Crippen LogP contribution in [0.15, 0.2) is 24.8 Å². The van der Waals surface area contributed by atoms with Crippen LogP contribution in [0.4, 0.5) is 10.2 Å². The number of nitrogens with two attached hydrogens (primary N) is 1. The van der Waals surface area contributed by atoms with E-state index in [1.165, 1.54) is 12.7 Å². The molecule has 3 aliphatic rings. The van der Waals surface area contributed by atoms with Crippen molar-refractivity contribution in [3.63, 3.8) is 0 Å². The van der Waals surface area contributed by atoms with Gasteiger partial charge in [-0.3, -0.25) is 4.57 Å². The van der Waals surface area contributed by atoms with Gasteiger partial charge in [-0.25, -0.2) is 19.3 Å². The number of anilines is 1. The maximum absolute atomic E-state index is 16.5. The van der Waals surface area contributed by atoms with E-state index >= 15 is 4.39 Å². The third kappa shape index (κ3) is 5.57. The number of allylic oxidation sites excluding steroid dienone is 1. The Labute approximate surface area is 246 Å². The van der Waals surface area contributed by atoms with Gasteiger partial charge in [0.2, 0.25) is 5.69 Å². The lowest BCUT2D eigenvalue weighted by molar-refractivity contribution is -0.0413. The number of hydrogen-bond donors (Lipinski definition) is 1. The fraction of sp³-hybridized carbons (Fsp3) is 0.731. The molecule has 9 nitrogen and oxygen atoms in total. The van der Waals surface area contributed by atoms with Gasteiger partial charge in [-0.1, -0.05) is 44.3 Å². The van der Waals surface area contributed by atoms with Crippen molar-refractivity contribution in [3.8, 4) is 0 Å². The molecule has 0 unspecified atom stereocenters. The Balaban J connectivity index is 1.42. The lowest BCUT2D eigenvalue weighted by atomic mass is 9.77. The van der Waals surface area contributed by atoms with Gasteiger partial charge >= 0.3 is 0 Å². The SMILES string of the molecule is C=C(C)[C@H]1CC[C@@]2(C)S[P@](=S)(O[C@H]3[C@@H](F)[C@H](n4cnc5c(N)ncnc54)O[C@@H]3CO[Si](C)(C)C(C)(C)C)O[C@@H]2C1. The van der Waals surface area contributed by atoms with Crippen molar-refractivity contribution in [1.82, 2.24) is 19.5 Å². The lowest BCUT2D eigenvalue weighted by Gasteiger charge is -2.37. The number of hydrogen-bond acceptors (Lipinski definition) is 10. The summed E-state index contributed by atoms with van der Waals surface area (Å²) >= 11 is 7.62. The Morgan fingerprint density at radius 3 is 2.77 bits per heavy atom. The molecule has 2 aromatic heterocycles. The van der Waals surface area contributed by atoms with Crippen molar-refractivity contribution in [1.29, 1.82) is 0 Å². The van der Waals surface area contributed by atoms with Gasteiger partial charge in [-0.05, 0) is 69.0 Å². The zero-order valence-electron chi connectivity index (χ0n) is 24.3. The molecular formula is C26H41FN5O4PS2Si. The summed E-state index contributed by atoms with van der Waals surface area (Å²) in [6, 6.07) is 0. The van der Waals surface area contributed by atoms with Crippen LogP contribution < -0.4 is 5.73 Å². The Morgan fingerprint density at radius 1 is 1.38 bits per heavy atom. The average molecular weight is 630 g/mol. The van der Waals surface area contributed by atoms with E-state index in [1.54, 1.807) is 15.9 Å². The topological polar surface area (TPSA) is 107 Å². The molecule has 4 heterocycles. The Kier molecular flexibility index (Phi) is 8.14. The third-order valence-electron chi connectivity index (χ3n) is 9.04. The predicted molar refractivity (Wildman–Crippen MR) is 164 cm³/mol. The molecule has 14 heteroatoms. The maximum atomic E-state index is 16.5. The first-order chi connectivity index (χ1) is 18.5. The summed E-state index contributed by atoms with van der Waals surface area (Å²) in [6.45, 7) is 19.4. The summed E-state index contributed by atoms with van der Waals surface area (Å²) < 4.78 is 43.8. The molecule has 3 fully saturated rings. The van der Waals surface area contributed by atoms with E-state index in [2.05, 4.69) is 69.2 Å². The van der Waals surface area contributed by atoms with E-state index in [0.717, 1.165) is 24.8 Å². The highest BCUT2D eigenvalue weighted by Gasteiger charge is 2.57. The maximum Gasteiger partial charge on any atom is 0.248 e. The number of halogens is 1. The van der Waals surface area contributed by atoms with Gasteiger partial charge in [0.15, 0.2) is 32.2 Å². The van der Waals surface area contributed by atoms with E-state index in [9.17, 15) is 0 Å². The van der Waals surface area contributed by atoms with Crippen LogP contribution in [0.3, 0.4) is 0 Å². The molecular weight excluding hydrogens is 589 g/mol. The highest BCUT2D eigenvalue weighted by Crippen LogP contribution is 2.76. The largest absolute Gasteiger partial charge is 0.414 e. The fourth-order valence-corrected chi connectivity index (χ4v) is 13.9. The van der Waals surface area contributed by atoms with Crippen LogP contribution in [0.25, 0.3) is 11.2 Å². The average Bonchev–Trinajstić information content (AvgIpc) is 3.48. The minimum Gasteiger partial charge on any atom is -0.414 e. The first-order valence-electron chi connectivity index (χ1n) is 13.7. The summed E-state index contributed by atoms with van der Waals surface area (Å²) in [7, 11) is -2.16. The van der Waals surface area contributed by atoms with Crippen molar-refractivity contribution in [3.05, 3.63) is 24.8 Å². The summed E-state index contributed by atoms with van der Waals surface area (Å²) in [6.07, 6.45) is 1.30. The molecule has 222 valence electrons. The van der Waals surface area contributed by atoms with E-state index in [4.69, 9.17) is 35.8 Å². The smallest absolute Gasteiger partial charge is 0.248 e. The number of fused-ring (bicyclic) bond motifs is 2. The van der Waals surface area contributed by atoms with Gasteiger partial charge in [0, 0.05) is 4.75 Å². The molecule has 2 aliphatic heterocycles. The number of rotatable bonds is 7. The fourth-order valence-electron chi connectivity index (χ4n) is 5.32. The predicted octanol–water partition coefficient (Wildman–Crippen LogP) is 6.54. The summed E-state index contributed by atoms with van der Waals surface area (Å²) in [5.41, 5.74) is 5.03. The van der Waals surface area contributed by atoms with Crippen molar-refractivity contribution in [2.24, 2.45) is 5.92 Å². The molecule has 40 heavy (non-hydrogen) atoms. The highest BCUT2D eigenvalue weighted by molar-refractivity contribution is 8.68. The number of nitrogen functional groups attached to an aromatic ring is 1. The molecule has 5 rings (SSSR count).